The lowest BCUT2D eigenvalue weighted by Gasteiger charge is -2.13. The van der Waals surface area contributed by atoms with E-state index in [0.29, 0.717) is 12.3 Å². The van der Waals surface area contributed by atoms with E-state index in [0.717, 1.165) is 10.6 Å². The van der Waals surface area contributed by atoms with Crippen molar-refractivity contribution in [2.45, 2.75) is 40.2 Å². The minimum atomic E-state index is -0.306. The van der Waals surface area contributed by atoms with Crippen LogP contribution in [0.2, 0.25) is 5.02 Å². The van der Waals surface area contributed by atoms with Crippen LogP contribution in [0.4, 0.5) is 0 Å². The van der Waals surface area contributed by atoms with Gasteiger partial charge in [-0.3, -0.25) is 0 Å². The number of aliphatic hydroxyl groups is 1. The van der Waals surface area contributed by atoms with Crippen molar-refractivity contribution in [3.63, 3.8) is 0 Å². The maximum atomic E-state index is 10.4. The predicted molar refractivity (Wildman–Crippen MR) is 72.2 cm³/mol. The van der Waals surface area contributed by atoms with Gasteiger partial charge >= 0.3 is 0 Å². The molecule has 1 unspecified atom stereocenters. The molecule has 0 aliphatic heterocycles. The van der Waals surface area contributed by atoms with E-state index in [9.17, 15) is 5.11 Å². The Morgan fingerprint density at radius 2 is 1.71 bits per heavy atom. The largest absolute Gasteiger partial charge is 0.392 e. The minimum absolute atomic E-state index is 0.216. The van der Waals surface area contributed by atoms with Gasteiger partial charge in [-0.25, -0.2) is 0 Å². The van der Waals surface area contributed by atoms with E-state index in [1.165, 1.54) is 0 Å². The molecular formula is C15H21ClO. The average molecular weight is 253 g/mol. The Labute approximate surface area is 109 Å². The number of hydrogen-bond acceptors (Lipinski definition) is 1. The highest BCUT2D eigenvalue weighted by Crippen LogP contribution is 2.69. The van der Waals surface area contributed by atoms with Crippen molar-refractivity contribution in [2.75, 3.05) is 0 Å². The number of halogens is 1. The molecule has 0 bridgehead atoms. The van der Waals surface area contributed by atoms with Crippen LogP contribution in [0.15, 0.2) is 24.3 Å². The van der Waals surface area contributed by atoms with Gasteiger partial charge in [0.15, 0.2) is 0 Å². The monoisotopic (exact) mass is 252 g/mol. The standard InChI is InChI=1S/C15H21ClO/c1-14(2)13(15(14,3)4)12(17)9-10-7-5-6-8-11(10)16/h5-8,12-13,17H,9H2,1-4H3. The molecule has 1 aliphatic rings. The molecule has 1 nitrogen and oxygen atoms in total. The van der Waals surface area contributed by atoms with Crippen LogP contribution in [0.25, 0.3) is 0 Å². The average Bonchev–Trinajstić information content (AvgIpc) is 2.61. The quantitative estimate of drug-likeness (QED) is 0.864. The molecule has 1 atom stereocenters. The summed E-state index contributed by atoms with van der Waals surface area (Å²) in [5.41, 5.74) is 1.47. The fraction of sp³-hybridized carbons (Fsp3) is 0.600. The van der Waals surface area contributed by atoms with Crippen LogP contribution >= 0.6 is 11.6 Å². The Hall–Kier alpha value is -0.530. The van der Waals surface area contributed by atoms with E-state index in [2.05, 4.69) is 27.7 Å². The molecule has 2 heteroatoms. The number of rotatable bonds is 3. The zero-order chi connectivity index (χ0) is 12.8. The van der Waals surface area contributed by atoms with Gasteiger partial charge in [0.1, 0.15) is 0 Å². The van der Waals surface area contributed by atoms with Gasteiger partial charge in [0.05, 0.1) is 6.10 Å². The fourth-order valence-corrected chi connectivity index (χ4v) is 3.43. The highest BCUT2D eigenvalue weighted by Gasteiger charge is 2.66. The molecule has 1 saturated carbocycles. The van der Waals surface area contributed by atoms with Crippen molar-refractivity contribution in [1.29, 1.82) is 0 Å². The molecule has 0 amide bonds. The maximum Gasteiger partial charge on any atom is 0.0619 e. The minimum Gasteiger partial charge on any atom is -0.392 e. The first kappa shape index (κ1) is 12.9. The summed E-state index contributed by atoms with van der Waals surface area (Å²) in [5.74, 6) is 0.353. The summed E-state index contributed by atoms with van der Waals surface area (Å²) in [6, 6.07) is 7.76. The SMILES string of the molecule is CC1(C)C(C(O)Cc2ccccc2Cl)C1(C)C. The molecule has 0 heterocycles. The number of benzene rings is 1. The van der Waals surface area contributed by atoms with Crippen LogP contribution in [-0.2, 0) is 6.42 Å². The Balaban J connectivity index is 2.10. The summed E-state index contributed by atoms with van der Waals surface area (Å²) in [4.78, 5) is 0. The summed E-state index contributed by atoms with van der Waals surface area (Å²) >= 11 is 6.12. The van der Waals surface area contributed by atoms with E-state index in [4.69, 9.17) is 11.6 Å². The molecule has 1 aliphatic carbocycles. The maximum absolute atomic E-state index is 10.4. The van der Waals surface area contributed by atoms with Crippen LogP contribution in [0.1, 0.15) is 33.3 Å². The third-order valence-corrected chi connectivity index (χ3v) is 5.27. The first-order valence-corrected chi connectivity index (χ1v) is 6.57. The van der Waals surface area contributed by atoms with Gasteiger partial charge in [0, 0.05) is 11.4 Å². The Bertz CT molecular complexity index is 409. The lowest BCUT2D eigenvalue weighted by molar-refractivity contribution is 0.129. The zero-order valence-electron chi connectivity index (χ0n) is 11.0. The van der Waals surface area contributed by atoms with Crippen molar-refractivity contribution in [1.82, 2.24) is 0 Å². The van der Waals surface area contributed by atoms with E-state index in [1.54, 1.807) is 0 Å². The Morgan fingerprint density at radius 1 is 1.18 bits per heavy atom. The Morgan fingerprint density at radius 3 is 2.18 bits per heavy atom. The van der Waals surface area contributed by atoms with Crippen molar-refractivity contribution >= 4 is 11.6 Å². The van der Waals surface area contributed by atoms with Crippen LogP contribution in [0.3, 0.4) is 0 Å². The first-order chi connectivity index (χ1) is 7.78. The molecule has 1 fully saturated rings. The predicted octanol–water partition coefficient (Wildman–Crippen LogP) is 3.93. The van der Waals surface area contributed by atoms with E-state index >= 15 is 0 Å². The van der Waals surface area contributed by atoms with Crippen LogP contribution in [-0.4, -0.2) is 11.2 Å². The van der Waals surface area contributed by atoms with E-state index in [-0.39, 0.29) is 16.9 Å². The van der Waals surface area contributed by atoms with Gasteiger partial charge in [0.25, 0.3) is 0 Å². The molecule has 0 radical (unpaired) electrons. The highest BCUT2D eigenvalue weighted by atomic mass is 35.5. The summed E-state index contributed by atoms with van der Waals surface area (Å²) in [6.45, 7) is 8.92. The molecule has 1 aromatic carbocycles. The molecule has 1 N–H and O–H groups in total. The van der Waals surface area contributed by atoms with Gasteiger partial charge in [0.2, 0.25) is 0 Å². The van der Waals surface area contributed by atoms with Gasteiger partial charge in [-0.05, 0) is 28.4 Å². The molecule has 0 spiro atoms. The van der Waals surface area contributed by atoms with Crippen molar-refractivity contribution in [3.05, 3.63) is 34.9 Å². The summed E-state index contributed by atoms with van der Waals surface area (Å²) in [5, 5.41) is 11.1. The fourth-order valence-electron chi connectivity index (χ4n) is 3.22. The van der Waals surface area contributed by atoms with Gasteiger partial charge in [-0.1, -0.05) is 57.5 Å². The lowest BCUT2D eigenvalue weighted by atomic mass is 9.99. The highest BCUT2D eigenvalue weighted by molar-refractivity contribution is 6.31. The molecule has 1 aromatic rings. The second-order valence-corrected chi connectivity index (χ2v) is 6.69. The molecule has 2 rings (SSSR count). The molecular weight excluding hydrogens is 232 g/mol. The Kier molecular flexibility index (Phi) is 3.04. The normalized spacial score (nSPS) is 23.4. The molecule has 17 heavy (non-hydrogen) atoms. The second kappa shape index (κ2) is 4.00. The van der Waals surface area contributed by atoms with E-state index in [1.807, 2.05) is 24.3 Å². The smallest absolute Gasteiger partial charge is 0.0619 e. The van der Waals surface area contributed by atoms with Crippen LogP contribution in [0.5, 0.6) is 0 Å². The van der Waals surface area contributed by atoms with E-state index < -0.39 is 0 Å². The summed E-state index contributed by atoms with van der Waals surface area (Å²) in [7, 11) is 0. The third kappa shape index (κ3) is 2.00. The van der Waals surface area contributed by atoms with Crippen molar-refractivity contribution < 1.29 is 5.11 Å². The molecule has 94 valence electrons. The van der Waals surface area contributed by atoms with Crippen LogP contribution in [0, 0.1) is 16.7 Å². The molecule has 0 aromatic heterocycles. The number of hydrogen-bond donors (Lipinski definition) is 1. The summed E-state index contributed by atoms with van der Waals surface area (Å²) in [6.07, 6.45) is 0.344. The topological polar surface area (TPSA) is 20.2 Å². The first-order valence-electron chi connectivity index (χ1n) is 6.20. The second-order valence-electron chi connectivity index (χ2n) is 6.28. The van der Waals surface area contributed by atoms with Crippen LogP contribution < -0.4 is 0 Å². The van der Waals surface area contributed by atoms with Gasteiger partial charge in [-0.15, -0.1) is 0 Å². The van der Waals surface area contributed by atoms with Crippen molar-refractivity contribution in [3.8, 4) is 0 Å². The third-order valence-electron chi connectivity index (χ3n) is 4.90. The van der Waals surface area contributed by atoms with Gasteiger partial charge < -0.3 is 5.11 Å². The van der Waals surface area contributed by atoms with Gasteiger partial charge in [-0.2, -0.15) is 0 Å². The molecule has 0 saturated heterocycles. The lowest BCUT2D eigenvalue weighted by Crippen LogP contribution is -2.17. The summed E-state index contributed by atoms with van der Waals surface area (Å²) < 4.78 is 0. The number of aliphatic hydroxyl groups excluding tert-OH is 1. The zero-order valence-corrected chi connectivity index (χ0v) is 11.8. The van der Waals surface area contributed by atoms with Crippen molar-refractivity contribution in [2.24, 2.45) is 16.7 Å².